The highest BCUT2D eigenvalue weighted by Crippen LogP contribution is 2.34. The Bertz CT molecular complexity index is 990. The molecule has 0 aliphatic carbocycles. The molecule has 2 aliphatic heterocycles. The van der Waals surface area contributed by atoms with E-state index in [1.165, 1.54) is 6.33 Å². The summed E-state index contributed by atoms with van der Waals surface area (Å²) in [5.74, 6) is 1.61. The average Bonchev–Trinajstić information content (AvgIpc) is 3.07. The minimum absolute atomic E-state index is 0.0954. The first kappa shape index (κ1) is 19.7. The standard InChI is InChI=1S/C21H24N6O3/c1-27-9-4-8-22-19-18-16(21(29)26-20(18)25-13-24-19)12-23-14-5-2-6-15(11-14)30-10-3-7-17(27)28/h2,5-6,11-13,23H,3-4,7-10H2,1H3,(H2,22,24,25,26,29)/b16-12+. The molecule has 9 heteroatoms. The Morgan fingerprint density at radius 2 is 2.00 bits per heavy atom. The second kappa shape index (κ2) is 8.81. The molecule has 0 spiro atoms. The Hall–Kier alpha value is -3.62. The minimum Gasteiger partial charge on any atom is -0.494 e. The van der Waals surface area contributed by atoms with E-state index >= 15 is 0 Å². The van der Waals surface area contributed by atoms with Gasteiger partial charge in [-0.15, -0.1) is 0 Å². The molecule has 3 N–H and O–H groups in total. The SMILES string of the molecule is CN1CCCNc2ncnc3c2/C(=C\Nc2cccc(c2)OCCCC1=O)C(=O)N3. The molecule has 2 bridgehead atoms. The van der Waals surface area contributed by atoms with Gasteiger partial charge in [0.15, 0.2) is 0 Å². The summed E-state index contributed by atoms with van der Waals surface area (Å²) < 4.78 is 5.78. The molecule has 9 nitrogen and oxygen atoms in total. The van der Waals surface area contributed by atoms with Gasteiger partial charge in [0.25, 0.3) is 5.91 Å². The minimum atomic E-state index is -0.242. The van der Waals surface area contributed by atoms with Crippen molar-refractivity contribution in [2.75, 3.05) is 42.7 Å². The van der Waals surface area contributed by atoms with Crippen LogP contribution in [0, 0.1) is 0 Å². The fraction of sp³-hybridized carbons (Fsp3) is 0.333. The van der Waals surface area contributed by atoms with E-state index in [-0.39, 0.29) is 11.8 Å². The first-order chi connectivity index (χ1) is 14.6. The molecule has 0 saturated carbocycles. The van der Waals surface area contributed by atoms with Crippen LogP contribution < -0.4 is 20.7 Å². The number of benzene rings is 1. The third-order valence-corrected chi connectivity index (χ3v) is 5.00. The van der Waals surface area contributed by atoms with Crippen molar-refractivity contribution in [1.29, 1.82) is 0 Å². The monoisotopic (exact) mass is 408 g/mol. The number of anilines is 3. The van der Waals surface area contributed by atoms with E-state index in [2.05, 4.69) is 25.9 Å². The molecule has 1 aromatic carbocycles. The lowest BCUT2D eigenvalue weighted by Gasteiger charge is -2.18. The van der Waals surface area contributed by atoms with Crippen molar-refractivity contribution in [3.63, 3.8) is 0 Å². The van der Waals surface area contributed by atoms with Crippen molar-refractivity contribution >= 4 is 34.7 Å². The Morgan fingerprint density at radius 1 is 1.13 bits per heavy atom. The number of hydrogen-bond acceptors (Lipinski definition) is 7. The third-order valence-electron chi connectivity index (χ3n) is 5.00. The molecule has 0 radical (unpaired) electrons. The maximum absolute atomic E-state index is 12.5. The Labute approximate surface area is 174 Å². The number of rotatable bonds is 0. The van der Waals surface area contributed by atoms with E-state index < -0.39 is 0 Å². The van der Waals surface area contributed by atoms with Gasteiger partial charge in [0.2, 0.25) is 5.91 Å². The summed E-state index contributed by atoms with van der Waals surface area (Å²) in [7, 11) is 1.81. The van der Waals surface area contributed by atoms with Crippen LogP contribution >= 0.6 is 0 Å². The zero-order chi connectivity index (χ0) is 20.9. The highest BCUT2D eigenvalue weighted by Gasteiger charge is 2.29. The Morgan fingerprint density at radius 3 is 2.90 bits per heavy atom. The third kappa shape index (κ3) is 4.35. The van der Waals surface area contributed by atoms with Crippen molar-refractivity contribution in [2.45, 2.75) is 19.3 Å². The van der Waals surface area contributed by atoms with Crippen molar-refractivity contribution in [3.8, 4) is 5.75 Å². The van der Waals surface area contributed by atoms with E-state index in [0.717, 1.165) is 12.1 Å². The summed E-state index contributed by atoms with van der Waals surface area (Å²) >= 11 is 0. The maximum Gasteiger partial charge on any atom is 0.259 e. The van der Waals surface area contributed by atoms with Gasteiger partial charge in [-0.05, 0) is 25.0 Å². The van der Waals surface area contributed by atoms with Crippen LogP contribution in [0.1, 0.15) is 24.8 Å². The van der Waals surface area contributed by atoms with Crippen molar-refractivity contribution in [2.24, 2.45) is 0 Å². The molecular weight excluding hydrogens is 384 g/mol. The molecule has 156 valence electrons. The lowest BCUT2D eigenvalue weighted by atomic mass is 10.1. The van der Waals surface area contributed by atoms with Gasteiger partial charge in [0, 0.05) is 44.5 Å². The predicted octanol–water partition coefficient (Wildman–Crippen LogP) is 2.31. The van der Waals surface area contributed by atoms with Crippen molar-refractivity contribution in [3.05, 3.63) is 42.4 Å². The van der Waals surface area contributed by atoms with E-state index in [1.807, 2.05) is 31.3 Å². The predicted molar refractivity (Wildman–Crippen MR) is 114 cm³/mol. The van der Waals surface area contributed by atoms with E-state index in [0.29, 0.717) is 61.1 Å². The highest BCUT2D eigenvalue weighted by atomic mass is 16.5. The van der Waals surface area contributed by atoms with Crippen LogP contribution in [0.25, 0.3) is 5.57 Å². The zero-order valence-electron chi connectivity index (χ0n) is 16.8. The van der Waals surface area contributed by atoms with Gasteiger partial charge in [0.1, 0.15) is 23.7 Å². The van der Waals surface area contributed by atoms with Gasteiger partial charge in [-0.1, -0.05) is 6.07 Å². The van der Waals surface area contributed by atoms with Gasteiger partial charge >= 0.3 is 0 Å². The highest BCUT2D eigenvalue weighted by molar-refractivity contribution is 6.32. The summed E-state index contributed by atoms with van der Waals surface area (Å²) in [5, 5.41) is 9.20. The lowest BCUT2D eigenvalue weighted by molar-refractivity contribution is -0.130. The number of ether oxygens (including phenoxy) is 1. The number of aromatic nitrogens is 2. The average molecular weight is 408 g/mol. The molecular formula is C21H24N6O3. The second-order valence-corrected chi connectivity index (χ2v) is 7.18. The first-order valence-corrected chi connectivity index (χ1v) is 9.96. The van der Waals surface area contributed by atoms with Crippen LogP contribution in [0.5, 0.6) is 5.75 Å². The molecule has 0 fully saturated rings. The van der Waals surface area contributed by atoms with Crippen LogP contribution in [-0.2, 0) is 9.59 Å². The van der Waals surface area contributed by atoms with Gasteiger partial charge in [0.05, 0.1) is 17.7 Å². The molecule has 30 heavy (non-hydrogen) atoms. The van der Waals surface area contributed by atoms with Gasteiger partial charge in [-0.3, -0.25) is 9.59 Å². The van der Waals surface area contributed by atoms with Crippen LogP contribution in [0.3, 0.4) is 0 Å². The van der Waals surface area contributed by atoms with Crippen LogP contribution in [0.2, 0.25) is 0 Å². The summed E-state index contributed by atoms with van der Waals surface area (Å²) in [5.41, 5.74) is 1.87. The van der Waals surface area contributed by atoms with Gasteiger partial charge < -0.3 is 25.6 Å². The van der Waals surface area contributed by atoms with Crippen molar-refractivity contribution in [1.82, 2.24) is 14.9 Å². The number of amides is 2. The normalized spacial score (nSPS) is 19.1. The number of nitrogens with one attached hydrogen (secondary N) is 3. The molecule has 0 saturated heterocycles. The number of hydrogen-bond donors (Lipinski definition) is 3. The molecule has 1 aromatic heterocycles. The molecule has 2 amide bonds. The fourth-order valence-electron chi connectivity index (χ4n) is 3.38. The van der Waals surface area contributed by atoms with Crippen LogP contribution in [-0.4, -0.2) is 53.4 Å². The van der Waals surface area contributed by atoms with Crippen LogP contribution in [0.15, 0.2) is 36.8 Å². The molecule has 0 atom stereocenters. The van der Waals surface area contributed by atoms with Gasteiger partial charge in [-0.25, -0.2) is 9.97 Å². The maximum atomic E-state index is 12.5. The summed E-state index contributed by atoms with van der Waals surface area (Å²) in [6.45, 7) is 1.70. The quantitative estimate of drug-likeness (QED) is 0.614. The topological polar surface area (TPSA) is 108 Å². The molecule has 4 rings (SSSR count). The van der Waals surface area contributed by atoms with E-state index in [9.17, 15) is 9.59 Å². The van der Waals surface area contributed by atoms with E-state index in [1.54, 1.807) is 11.1 Å². The lowest BCUT2D eigenvalue weighted by Crippen LogP contribution is -2.29. The zero-order valence-corrected chi connectivity index (χ0v) is 16.8. The number of fused-ring (bicyclic) bond motifs is 2. The molecule has 2 aromatic rings. The molecule has 2 aliphatic rings. The largest absolute Gasteiger partial charge is 0.494 e. The van der Waals surface area contributed by atoms with Crippen molar-refractivity contribution < 1.29 is 14.3 Å². The Kier molecular flexibility index (Phi) is 5.78. The fourth-order valence-corrected chi connectivity index (χ4v) is 3.38. The molecule has 0 unspecified atom stereocenters. The summed E-state index contributed by atoms with van der Waals surface area (Å²) in [6.07, 6.45) is 4.92. The van der Waals surface area contributed by atoms with E-state index in [4.69, 9.17) is 4.74 Å². The number of carbonyl (C=O) groups is 2. The first-order valence-electron chi connectivity index (χ1n) is 9.96. The number of nitrogens with zero attached hydrogens (tertiary/aromatic N) is 3. The Balaban J connectivity index is 1.63. The summed E-state index contributed by atoms with van der Waals surface area (Å²) in [6, 6.07) is 7.46. The number of carbonyl (C=O) groups excluding carboxylic acids is 2. The van der Waals surface area contributed by atoms with Gasteiger partial charge in [-0.2, -0.15) is 0 Å². The molecule has 3 heterocycles. The second-order valence-electron chi connectivity index (χ2n) is 7.18. The van der Waals surface area contributed by atoms with Crippen LogP contribution in [0.4, 0.5) is 17.3 Å². The summed E-state index contributed by atoms with van der Waals surface area (Å²) in [4.78, 5) is 35.0. The smallest absolute Gasteiger partial charge is 0.259 e.